The third-order valence-electron chi connectivity index (χ3n) is 3.15. The summed E-state index contributed by atoms with van der Waals surface area (Å²) < 4.78 is 18.3. The van der Waals surface area contributed by atoms with E-state index >= 15 is 0 Å². The minimum atomic E-state index is -0.671. The van der Waals surface area contributed by atoms with E-state index in [1.807, 2.05) is 32.0 Å². The molecule has 0 aliphatic rings. The normalized spacial score (nSPS) is 11.8. The molecule has 0 spiro atoms. The van der Waals surface area contributed by atoms with Gasteiger partial charge in [-0.3, -0.25) is 4.79 Å². The molecule has 1 N–H and O–H groups in total. The zero-order valence-corrected chi connectivity index (χ0v) is 12.3. The van der Waals surface area contributed by atoms with Crippen molar-refractivity contribution in [2.45, 2.75) is 26.9 Å². The van der Waals surface area contributed by atoms with Crippen LogP contribution in [0.25, 0.3) is 0 Å². The number of amides is 1. The van der Waals surface area contributed by atoms with Crippen molar-refractivity contribution in [3.63, 3.8) is 0 Å². The molecule has 0 saturated carbocycles. The first-order valence-electron chi connectivity index (χ1n) is 6.76. The summed E-state index contributed by atoms with van der Waals surface area (Å²) in [6, 6.07) is 11.4. The van der Waals surface area contributed by atoms with Gasteiger partial charge in [0.2, 0.25) is 0 Å². The predicted molar refractivity (Wildman–Crippen MR) is 81.0 cm³/mol. The molecule has 110 valence electrons. The van der Waals surface area contributed by atoms with Gasteiger partial charge in [-0.25, -0.2) is 4.39 Å². The summed E-state index contributed by atoms with van der Waals surface area (Å²) in [5.74, 6) is -0.122. The molecule has 1 atom stereocenters. The van der Waals surface area contributed by atoms with Gasteiger partial charge in [0.15, 0.2) is 6.10 Å². The van der Waals surface area contributed by atoms with Gasteiger partial charge in [0.1, 0.15) is 11.6 Å². The fourth-order valence-electron chi connectivity index (χ4n) is 1.88. The number of aryl methyl sites for hydroxylation is 2. The lowest BCUT2D eigenvalue weighted by Gasteiger charge is -2.16. The standard InChI is InChI=1S/C17H18FNO2/c1-11-4-5-12(2)16(10-11)19-17(20)13(3)21-15-8-6-14(18)7-9-15/h4-10,13H,1-3H3,(H,19,20)/t13-/m0/s1. The number of rotatable bonds is 4. The Bertz CT molecular complexity index is 638. The van der Waals surface area contributed by atoms with E-state index in [4.69, 9.17) is 4.74 Å². The lowest BCUT2D eigenvalue weighted by atomic mass is 10.1. The van der Waals surface area contributed by atoms with Gasteiger partial charge in [0.25, 0.3) is 5.91 Å². The molecule has 0 saturated heterocycles. The number of halogens is 1. The Hall–Kier alpha value is -2.36. The van der Waals surface area contributed by atoms with E-state index in [2.05, 4.69) is 5.32 Å². The van der Waals surface area contributed by atoms with Crippen LogP contribution in [0, 0.1) is 19.7 Å². The highest BCUT2D eigenvalue weighted by molar-refractivity contribution is 5.94. The smallest absolute Gasteiger partial charge is 0.265 e. The van der Waals surface area contributed by atoms with Crippen molar-refractivity contribution >= 4 is 11.6 Å². The highest BCUT2D eigenvalue weighted by Gasteiger charge is 2.15. The molecule has 1 amide bonds. The Labute approximate surface area is 123 Å². The van der Waals surface area contributed by atoms with Crippen LogP contribution in [0.1, 0.15) is 18.1 Å². The molecule has 0 unspecified atom stereocenters. The van der Waals surface area contributed by atoms with E-state index in [9.17, 15) is 9.18 Å². The van der Waals surface area contributed by atoms with Gasteiger partial charge in [-0.1, -0.05) is 12.1 Å². The van der Waals surface area contributed by atoms with Gasteiger partial charge >= 0.3 is 0 Å². The fraction of sp³-hybridized carbons (Fsp3) is 0.235. The van der Waals surface area contributed by atoms with E-state index in [1.165, 1.54) is 24.3 Å². The minimum Gasteiger partial charge on any atom is -0.481 e. The van der Waals surface area contributed by atoms with Gasteiger partial charge in [-0.05, 0) is 62.2 Å². The number of anilines is 1. The molecule has 4 heteroatoms. The van der Waals surface area contributed by atoms with Crippen molar-refractivity contribution in [3.8, 4) is 5.75 Å². The fourth-order valence-corrected chi connectivity index (χ4v) is 1.88. The van der Waals surface area contributed by atoms with Crippen molar-refractivity contribution < 1.29 is 13.9 Å². The molecule has 0 heterocycles. The van der Waals surface area contributed by atoms with Gasteiger partial charge in [0.05, 0.1) is 0 Å². The summed E-state index contributed by atoms with van der Waals surface area (Å²) in [7, 11) is 0. The summed E-state index contributed by atoms with van der Waals surface area (Å²) >= 11 is 0. The molecular weight excluding hydrogens is 269 g/mol. The molecule has 2 aromatic carbocycles. The maximum atomic E-state index is 12.8. The average Bonchev–Trinajstić information content (AvgIpc) is 2.45. The second-order valence-electron chi connectivity index (χ2n) is 5.02. The van der Waals surface area contributed by atoms with Crippen LogP contribution in [0.5, 0.6) is 5.75 Å². The number of carbonyl (C=O) groups is 1. The molecule has 0 aromatic heterocycles. The van der Waals surface area contributed by atoms with Crippen LogP contribution in [0.3, 0.4) is 0 Å². The lowest BCUT2D eigenvalue weighted by molar-refractivity contribution is -0.122. The van der Waals surface area contributed by atoms with Crippen LogP contribution in [0.15, 0.2) is 42.5 Å². The molecule has 2 rings (SSSR count). The van der Waals surface area contributed by atoms with E-state index in [0.29, 0.717) is 5.75 Å². The number of hydrogen-bond donors (Lipinski definition) is 1. The zero-order chi connectivity index (χ0) is 15.4. The number of carbonyl (C=O) groups excluding carboxylic acids is 1. The first-order chi connectivity index (χ1) is 9.95. The van der Waals surface area contributed by atoms with Gasteiger partial charge in [0, 0.05) is 5.69 Å². The first kappa shape index (κ1) is 15.0. The quantitative estimate of drug-likeness (QED) is 0.927. The van der Waals surface area contributed by atoms with Crippen LogP contribution in [-0.4, -0.2) is 12.0 Å². The maximum absolute atomic E-state index is 12.8. The van der Waals surface area contributed by atoms with Crippen molar-refractivity contribution in [1.82, 2.24) is 0 Å². The highest BCUT2D eigenvalue weighted by atomic mass is 19.1. The van der Waals surface area contributed by atoms with Crippen molar-refractivity contribution in [3.05, 3.63) is 59.4 Å². The summed E-state index contributed by atoms with van der Waals surface area (Å²) in [6.07, 6.45) is -0.671. The topological polar surface area (TPSA) is 38.3 Å². The summed E-state index contributed by atoms with van der Waals surface area (Å²) in [5.41, 5.74) is 2.83. The Morgan fingerprint density at radius 3 is 2.48 bits per heavy atom. The number of hydrogen-bond acceptors (Lipinski definition) is 2. The SMILES string of the molecule is Cc1ccc(C)c(NC(=O)[C@H](C)Oc2ccc(F)cc2)c1. The highest BCUT2D eigenvalue weighted by Crippen LogP contribution is 2.18. The summed E-state index contributed by atoms with van der Waals surface area (Å²) in [4.78, 5) is 12.1. The molecule has 0 aliphatic carbocycles. The summed E-state index contributed by atoms with van der Waals surface area (Å²) in [5, 5.41) is 2.84. The molecule has 2 aromatic rings. The van der Waals surface area contributed by atoms with Gasteiger partial charge in [-0.2, -0.15) is 0 Å². The molecular formula is C17H18FNO2. The second kappa shape index (κ2) is 6.39. The molecule has 0 bridgehead atoms. The van der Waals surface area contributed by atoms with Gasteiger partial charge in [-0.15, -0.1) is 0 Å². The largest absolute Gasteiger partial charge is 0.481 e. The van der Waals surface area contributed by atoms with Gasteiger partial charge < -0.3 is 10.1 Å². The molecule has 0 aliphatic heterocycles. The molecule has 0 fully saturated rings. The molecule has 21 heavy (non-hydrogen) atoms. The number of ether oxygens (including phenoxy) is 1. The van der Waals surface area contributed by atoms with E-state index < -0.39 is 6.10 Å². The van der Waals surface area contributed by atoms with Crippen LogP contribution >= 0.6 is 0 Å². The minimum absolute atomic E-state index is 0.243. The van der Waals surface area contributed by atoms with Crippen LogP contribution < -0.4 is 10.1 Å². The van der Waals surface area contributed by atoms with E-state index in [0.717, 1.165) is 16.8 Å². The van der Waals surface area contributed by atoms with Crippen LogP contribution in [0.2, 0.25) is 0 Å². The maximum Gasteiger partial charge on any atom is 0.265 e. The van der Waals surface area contributed by atoms with Crippen LogP contribution in [0.4, 0.5) is 10.1 Å². The average molecular weight is 287 g/mol. The van der Waals surface area contributed by atoms with Crippen molar-refractivity contribution in [1.29, 1.82) is 0 Å². The Morgan fingerprint density at radius 2 is 1.81 bits per heavy atom. The van der Waals surface area contributed by atoms with E-state index in [-0.39, 0.29) is 11.7 Å². The third kappa shape index (κ3) is 4.05. The predicted octanol–water partition coefficient (Wildman–Crippen LogP) is 3.85. The van der Waals surface area contributed by atoms with Crippen molar-refractivity contribution in [2.75, 3.05) is 5.32 Å². The third-order valence-corrected chi connectivity index (χ3v) is 3.15. The number of benzene rings is 2. The van der Waals surface area contributed by atoms with Crippen molar-refractivity contribution in [2.24, 2.45) is 0 Å². The second-order valence-corrected chi connectivity index (χ2v) is 5.02. The number of nitrogens with one attached hydrogen (secondary N) is 1. The first-order valence-corrected chi connectivity index (χ1v) is 6.76. The van der Waals surface area contributed by atoms with Crippen LogP contribution in [-0.2, 0) is 4.79 Å². The lowest BCUT2D eigenvalue weighted by Crippen LogP contribution is -2.30. The zero-order valence-electron chi connectivity index (χ0n) is 12.3. The summed E-state index contributed by atoms with van der Waals surface area (Å²) in [6.45, 7) is 5.55. The monoisotopic (exact) mass is 287 g/mol. The molecule has 0 radical (unpaired) electrons. The van der Waals surface area contributed by atoms with E-state index in [1.54, 1.807) is 6.92 Å². The Kier molecular flexibility index (Phi) is 4.58. The Balaban J connectivity index is 2.02. The molecule has 3 nitrogen and oxygen atoms in total. The Morgan fingerprint density at radius 1 is 1.14 bits per heavy atom.